The molecular weight excluding hydrogens is 318 g/mol. The lowest BCUT2D eigenvalue weighted by Crippen LogP contribution is -2.43. The molecule has 0 saturated carbocycles. The fourth-order valence-corrected chi connectivity index (χ4v) is 8.29. The van der Waals surface area contributed by atoms with Gasteiger partial charge in [0.15, 0.2) is 19.7 Å². The van der Waals surface area contributed by atoms with Crippen molar-refractivity contribution in [3.8, 4) is 0 Å². The normalized spacial score (nSPS) is 25.9. The summed E-state index contributed by atoms with van der Waals surface area (Å²) >= 11 is 1.14. The molecule has 1 aromatic rings. The number of unbranched alkanes of at least 4 members (excludes halogenated alkanes) is 1. The summed E-state index contributed by atoms with van der Waals surface area (Å²) in [4.78, 5) is 0. The first-order chi connectivity index (χ1) is 9.37. The van der Waals surface area contributed by atoms with Crippen LogP contribution in [-0.2, 0) is 19.7 Å². The summed E-state index contributed by atoms with van der Waals surface area (Å²) in [6, 6.07) is 2.70. The Bertz CT molecular complexity index is 634. The molecule has 114 valence electrons. The molecule has 1 fully saturated rings. The topological polar surface area (TPSA) is 80.3 Å². The molecule has 2 unspecified atom stereocenters. The van der Waals surface area contributed by atoms with Gasteiger partial charge >= 0.3 is 0 Å². The Morgan fingerprint density at radius 3 is 2.75 bits per heavy atom. The SMILES string of the molecule is CCCCNC1CS(=O)(=O)CC1S(=O)(=O)c1cccs1. The second-order valence-electron chi connectivity index (χ2n) is 5.01. The van der Waals surface area contributed by atoms with Crippen LogP contribution in [0, 0.1) is 0 Å². The van der Waals surface area contributed by atoms with Gasteiger partial charge in [-0.25, -0.2) is 16.8 Å². The van der Waals surface area contributed by atoms with Gasteiger partial charge in [-0.2, -0.15) is 0 Å². The van der Waals surface area contributed by atoms with E-state index >= 15 is 0 Å². The zero-order chi connectivity index (χ0) is 14.8. The maximum atomic E-state index is 12.5. The first-order valence-electron chi connectivity index (χ1n) is 6.58. The summed E-state index contributed by atoms with van der Waals surface area (Å²) in [5.41, 5.74) is 0. The van der Waals surface area contributed by atoms with Gasteiger partial charge in [0, 0.05) is 6.04 Å². The van der Waals surface area contributed by atoms with Crippen molar-refractivity contribution in [1.29, 1.82) is 0 Å². The number of rotatable bonds is 6. The summed E-state index contributed by atoms with van der Waals surface area (Å²) in [6.07, 6.45) is 1.89. The Balaban J connectivity index is 2.23. The second-order valence-corrected chi connectivity index (χ2v) is 10.5. The summed E-state index contributed by atoms with van der Waals surface area (Å²) in [6.45, 7) is 2.68. The van der Waals surface area contributed by atoms with Crippen molar-refractivity contribution in [3.05, 3.63) is 17.5 Å². The van der Waals surface area contributed by atoms with Gasteiger partial charge in [-0.15, -0.1) is 11.3 Å². The monoisotopic (exact) mass is 337 g/mol. The molecule has 1 N–H and O–H groups in total. The van der Waals surface area contributed by atoms with E-state index in [1.807, 2.05) is 6.92 Å². The summed E-state index contributed by atoms with van der Waals surface area (Å²) in [5, 5.41) is 3.92. The van der Waals surface area contributed by atoms with Crippen molar-refractivity contribution >= 4 is 31.0 Å². The minimum Gasteiger partial charge on any atom is -0.312 e. The second kappa shape index (κ2) is 6.13. The molecule has 1 aromatic heterocycles. The van der Waals surface area contributed by atoms with Gasteiger partial charge in [-0.05, 0) is 24.4 Å². The van der Waals surface area contributed by atoms with Crippen molar-refractivity contribution in [3.63, 3.8) is 0 Å². The third-order valence-corrected chi connectivity index (χ3v) is 8.99. The van der Waals surface area contributed by atoms with Gasteiger partial charge in [0.05, 0.1) is 16.8 Å². The van der Waals surface area contributed by atoms with E-state index in [0.29, 0.717) is 6.54 Å². The maximum Gasteiger partial charge on any atom is 0.193 e. The van der Waals surface area contributed by atoms with Crippen molar-refractivity contribution in [2.75, 3.05) is 18.1 Å². The minimum absolute atomic E-state index is 0.0913. The highest BCUT2D eigenvalue weighted by atomic mass is 32.2. The fraction of sp³-hybridized carbons (Fsp3) is 0.667. The molecule has 2 rings (SSSR count). The van der Waals surface area contributed by atoms with E-state index in [1.54, 1.807) is 11.4 Å². The Morgan fingerprint density at radius 1 is 1.40 bits per heavy atom. The maximum absolute atomic E-state index is 12.5. The molecule has 2 heterocycles. The summed E-state index contributed by atoms with van der Waals surface area (Å²) in [5.74, 6) is -0.372. The minimum atomic E-state index is -3.58. The Labute approximate surface area is 124 Å². The van der Waals surface area contributed by atoms with E-state index in [-0.39, 0.29) is 15.7 Å². The highest BCUT2D eigenvalue weighted by Gasteiger charge is 2.45. The average molecular weight is 337 g/mol. The van der Waals surface area contributed by atoms with E-state index in [9.17, 15) is 16.8 Å². The number of hydrogen-bond acceptors (Lipinski definition) is 6. The predicted molar refractivity (Wildman–Crippen MR) is 80.6 cm³/mol. The van der Waals surface area contributed by atoms with Gasteiger partial charge in [-0.3, -0.25) is 0 Å². The molecule has 1 aliphatic rings. The zero-order valence-electron chi connectivity index (χ0n) is 11.3. The van der Waals surface area contributed by atoms with Crippen molar-refractivity contribution in [1.82, 2.24) is 5.32 Å². The van der Waals surface area contributed by atoms with Gasteiger partial charge in [0.2, 0.25) is 0 Å². The van der Waals surface area contributed by atoms with E-state index in [0.717, 1.165) is 24.2 Å². The molecule has 0 aliphatic carbocycles. The van der Waals surface area contributed by atoms with Crippen LogP contribution in [0.3, 0.4) is 0 Å². The lowest BCUT2D eigenvalue weighted by atomic mass is 10.2. The molecule has 0 aromatic carbocycles. The molecule has 0 radical (unpaired) electrons. The molecule has 2 atom stereocenters. The molecule has 20 heavy (non-hydrogen) atoms. The van der Waals surface area contributed by atoms with Gasteiger partial charge in [-0.1, -0.05) is 19.4 Å². The van der Waals surface area contributed by atoms with Crippen LogP contribution in [-0.4, -0.2) is 46.2 Å². The van der Waals surface area contributed by atoms with Crippen molar-refractivity contribution in [2.45, 2.75) is 35.3 Å². The van der Waals surface area contributed by atoms with Crippen LogP contribution >= 0.6 is 11.3 Å². The predicted octanol–water partition coefficient (Wildman–Crippen LogP) is 1.08. The molecule has 8 heteroatoms. The van der Waals surface area contributed by atoms with Gasteiger partial charge < -0.3 is 5.32 Å². The highest BCUT2D eigenvalue weighted by Crippen LogP contribution is 2.28. The van der Waals surface area contributed by atoms with Crippen LogP contribution in [0.15, 0.2) is 21.7 Å². The molecule has 0 spiro atoms. The third-order valence-electron chi connectivity index (χ3n) is 3.41. The average Bonchev–Trinajstić information content (AvgIpc) is 2.97. The molecule has 0 bridgehead atoms. The largest absolute Gasteiger partial charge is 0.312 e. The Hall–Kier alpha value is -0.440. The number of thiophene rings is 1. The summed E-state index contributed by atoms with van der Waals surface area (Å²) in [7, 11) is -6.87. The number of nitrogens with one attached hydrogen (secondary N) is 1. The zero-order valence-corrected chi connectivity index (χ0v) is 13.7. The molecular formula is C12H19NO4S3. The molecule has 1 aliphatic heterocycles. The van der Waals surface area contributed by atoms with E-state index in [2.05, 4.69) is 5.32 Å². The lowest BCUT2D eigenvalue weighted by Gasteiger charge is -2.19. The van der Waals surface area contributed by atoms with Crippen LogP contribution in [0.5, 0.6) is 0 Å². The van der Waals surface area contributed by atoms with Gasteiger partial charge in [0.1, 0.15) is 4.21 Å². The number of hydrogen-bond donors (Lipinski definition) is 1. The van der Waals surface area contributed by atoms with Gasteiger partial charge in [0.25, 0.3) is 0 Å². The Morgan fingerprint density at radius 2 is 2.15 bits per heavy atom. The van der Waals surface area contributed by atoms with Crippen molar-refractivity contribution in [2.24, 2.45) is 0 Å². The quantitative estimate of drug-likeness (QED) is 0.786. The lowest BCUT2D eigenvalue weighted by molar-refractivity contribution is 0.519. The van der Waals surface area contributed by atoms with Crippen molar-refractivity contribution < 1.29 is 16.8 Å². The van der Waals surface area contributed by atoms with Crippen LogP contribution in [0.4, 0.5) is 0 Å². The molecule has 0 amide bonds. The first-order valence-corrected chi connectivity index (χ1v) is 10.8. The van der Waals surface area contributed by atoms with E-state index in [4.69, 9.17) is 0 Å². The van der Waals surface area contributed by atoms with Crippen LogP contribution in [0.1, 0.15) is 19.8 Å². The standard InChI is InChI=1S/C12H19NO4S3/c1-2-3-6-13-10-8-19(14,15)9-11(10)20(16,17)12-5-4-7-18-12/h4-5,7,10-11,13H,2-3,6,8-9H2,1H3. The van der Waals surface area contributed by atoms with Crippen LogP contribution < -0.4 is 5.32 Å². The summed E-state index contributed by atoms with van der Waals surface area (Å²) < 4.78 is 48.9. The third kappa shape index (κ3) is 3.41. The first kappa shape index (κ1) is 15.9. The smallest absolute Gasteiger partial charge is 0.193 e. The highest BCUT2D eigenvalue weighted by molar-refractivity contribution is 7.97. The molecule has 5 nitrogen and oxygen atoms in total. The fourth-order valence-electron chi connectivity index (χ4n) is 2.35. The van der Waals surface area contributed by atoms with E-state index < -0.39 is 31.0 Å². The van der Waals surface area contributed by atoms with Crippen LogP contribution in [0.2, 0.25) is 0 Å². The van der Waals surface area contributed by atoms with E-state index in [1.165, 1.54) is 6.07 Å². The van der Waals surface area contributed by atoms with Crippen LogP contribution in [0.25, 0.3) is 0 Å². The Kier molecular flexibility index (Phi) is 4.88. The number of sulfone groups is 2. The molecule has 1 saturated heterocycles.